The van der Waals surface area contributed by atoms with Crippen LogP contribution in [0.4, 0.5) is 0 Å². The van der Waals surface area contributed by atoms with E-state index in [9.17, 15) is 54.2 Å². The molecule has 4 aliphatic carbocycles. The van der Waals surface area contributed by atoms with Crippen LogP contribution in [0, 0.1) is 47.3 Å². The third-order valence-corrected chi connectivity index (χ3v) is 15.8. The van der Waals surface area contributed by atoms with Gasteiger partial charge >= 0.3 is 32.7 Å². The predicted octanol–water partition coefficient (Wildman–Crippen LogP) is 3.46. The molecule has 1 saturated heterocycles. The fourth-order valence-electron chi connectivity index (χ4n) is 10.9. The normalized spacial score (nSPS) is 38.3. The van der Waals surface area contributed by atoms with Crippen LogP contribution in [0.3, 0.4) is 0 Å². The zero-order chi connectivity index (χ0) is 42.0. The molecule has 0 radical (unpaired) electrons. The third-order valence-electron chi connectivity index (χ3n) is 13.1. The number of aliphatic hydroxyl groups excluding tert-OH is 1. The Hall–Kier alpha value is -2.53. The average molecular weight is 865 g/mol. The zero-order valence-electron chi connectivity index (χ0n) is 32.1. The van der Waals surface area contributed by atoms with Crippen molar-refractivity contribution in [2.24, 2.45) is 40.4 Å². The molecule has 2 bridgehead atoms. The second kappa shape index (κ2) is 15.8. The molecule has 57 heavy (non-hydrogen) atoms. The minimum absolute atomic E-state index is 0.0964. The summed E-state index contributed by atoms with van der Waals surface area (Å²) < 4.78 is 124. The number of rotatable bonds is 13. The fourth-order valence-corrected chi connectivity index (χ4v) is 13.3. The van der Waals surface area contributed by atoms with Gasteiger partial charge in [-0.2, -0.15) is 16.8 Å². The lowest BCUT2D eigenvalue weighted by atomic mass is 9.43. The van der Waals surface area contributed by atoms with E-state index in [1.54, 1.807) is 20.8 Å². The van der Waals surface area contributed by atoms with Crippen molar-refractivity contribution >= 4 is 42.6 Å². The molecule has 1 heterocycles. The molecule has 320 valence electrons. The van der Waals surface area contributed by atoms with Crippen molar-refractivity contribution in [2.45, 2.75) is 127 Å². The van der Waals surface area contributed by atoms with Gasteiger partial charge in [-0.3, -0.25) is 18.7 Å². The molecule has 10 unspecified atom stereocenters. The molecule has 1 aliphatic heterocycles. The van der Waals surface area contributed by atoms with Gasteiger partial charge in [0.25, 0.3) is 0 Å². The van der Waals surface area contributed by atoms with Crippen molar-refractivity contribution in [3.63, 3.8) is 0 Å². The van der Waals surface area contributed by atoms with E-state index in [-0.39, 0.29) is 47.8 Å². The van der Waals surface area contributed by atoms with Gasteiger partial charge in [0, 0.05) is 11.8 Å². The van der Waals surface area contributed by atoms with Crippen LogP contribution in [-0.2, 0) is 62.8 Å². The summed E-state index contributed by atoms with van der Waals surface area (Å²) in [6, 6.07) is 5.54. The van der Waals surface area contributed by atoms with Gasteiger partial charge in [-0.05, 0) is 98.7 Å². The molecule has 5 aliphatic rings. The molecule has 4 saturated carbocycles. The van der Waals surface area contributed by atoms with Crippen molar-refractivity contribution in [1.29, 1.82) is 0 Å². The summed E-state index contributed by atoms with van der Waals surface area (Å²) >= 11 is 0. The molecule has 0 aromatic heterocycles. The van der Waals surface area contributed by atoms with Gasteiger partial charge in [0.2, 0.25) is 0 Å². The maximum Gasteiger partial charge on any atom is 0.397 e. The highest BCUT2D eigenvalue weighted by atomic mass is 32.3. The maximum absolute atomic E-state index is 13.8. The number of hydrogen-bond donors (Lipinski definition) is 4. The molecule has 1 aromatic carbocycles. The number of aliphatic hydroxyl groups is 1. The van der Waals surface area contributed by atoms with Gasteiger partial charge in [-0.15, -0.1) is 0 Å². The molecule has 13 atom stereocenters. The second-order valence-corrected chi connectivity index (χ2v) is 21.3. The third kappa shape index (κ3) is 9.00. The van der Waals surface area contributed by atoms with Crippen LogP contribution < -0.4 is 0 Å². The van der Waals surface area contributed by atoms with Crippen LogP contribution in [0.25, 0.3) is 0 Å². The number of hydrogen-bond acceptors (Lipinski definition) is 14. The number of aliphatic carboxylic acids is 1. The number of ether oxygens (including phenoxy) is 3. The molecule has 5 fully saturated rings. The summed E-state index contributed by atoms with van der Waals surface area (Å²) in [7, 11) is -15.6. The van der Waals surface area contributed by atoms with Gasteiger partial charge in [0.15, 0.2) is 28.3 Å². The minimum atomic E-state index is -5.58. The highest BCUT2D eigenvalue weighted by molar-refractivity contribution is 7.91. The molecule has 20 heteroatoms. The Labute approximate surface area is 333 Å². The van der Waals surface area contributed by atoms with Crippen molar-refractivity contribution in [3.8, 4) is 0 Å². The highest BCUT2D eigenvalue weighted by Gasteiger charge is 2.67. The van der Waals surface area contributed by atoms with Crippen molar-refractivity contribution in [1.82, 2.24) is 0 Å². The van der Waals surface area contributed by atoms with Crippen LogP contribution in [0.2, 0.25) is 0 Å². The van der Waals surface area contributed by atoms with Crippen molar-refractivity contribution < 1.29 is 76.7 Å². The summed E-state index contributed by atoms with van der Waals surface area (Å²) in [4.78, 5) is 26.0. The lowest BCUT2D eigenvalue weighted by Gasteiger charge is -2.62. The quantitative estimate of drug-likeness (QED) is 0.0957. The van der Waals surface area contributed by atoms with Crippen LogP contribution in [0.1, 0.15) is 77.7 Å². The predicted molar refractivity (Wildman–Crippen MR) is 199 cm³/mol. The maximum atomic E-state index is 13.8. The molecule has 4 N–H and O–H groups in total. The molecule has 0 amide bonds. The zero-order valence-corrected chi connectivity index (χ0v) is 34.6. The van der Waals surface area contributed by atoms with Crippen molar-refractivity contribution in [2.75, 3.05) is 5.75 Å². The SMILES string of the molecule is C=C1C2CCC3C4(C)CC(OC5O[C@@H](CS(=O)(=O)c6ccc(C)cc6)[C@@H](OS(=O)(=O)O)C(OS(=O)(=O)O)C5OC(=O)CC(C)C)CC(C(=O)O)C4CCC3(C2)[C@H]1O. The van der Waals surface area contributed by atoms with Crippen LogP contribution in [-0.4, -0.2) is 105 Å². The van der Waals surface area contributed by atoms with Crippen LogP contribution in [0.15, 0.2) is 41.3 Å². The van der Waals surface area contributed by atoms with Gasteiger partial charge in [-0.25, -0.2) is 16.8 Å². The number of carbonyl (C=O) groups excluding carboxylic acids is 1. The number of carboxylic acid groups (broad SMARTS) is 1. The molecule has 1 aromatic rings. The average Bonchev–Trinajstić information content (AvgIpc) is 3.25. The smallest absolute Gasteiger partial charge is 0.397 e. The first kappa shape index (κ1) is 44.0. The summed E-state index contributed by atoms with van der Waals surface area (Å²) in [5, 5.41) is 22.2. The summed E-state index contributed by atoms with van der Waals surface area (Å²) in [5.41, 5.74) is 0.215. The van der Waals surface area contributed by atoms with E-state index < -0.39 is 108 Å². The standard InChI is InChI=1S/C37H52O17S3/c1-19(2)14-29(38)52-32-31(54-57(47,48)49)30(53-56(44,45)46)27(18-55(42,43)24-9-6-20(3)7-10-24)51-35(32)50-23-15-25(34(40)41)26-12-13-37-16-22(21(4)33(37)39)8-11-28(37)36(26,5)17-23/h6-7,9-10,19,22-23,25-28,30-33,35,39H,4,8,11-18H2,1-3,5H3,(H,40,41)(H,44,45,46)(H,47,48,49)/t22?,23?,25?,26?,27-,28?,30+,31?,32?,33-,35?,36?,37?/m0/s1. The van der Waals surface area contributed by atoms with E-state index in [2.05, 4.69) is 6.58 Å². The van der Waals surface area contributed by atoms with E-state index in [0.29, 0.717) is 31.2 Å². The van der Waals surface area contributed by atoms with Crippen molar-refractivity contribution in [3.05, 3.63) is 42.0 Å². The van der Waals surface area contributed by atoms with Gasteiger partial charge in [-0.1, -0.05) is 45.0 Å². The first-order valence-electron chi connectivity index (χ1n) is 19.0. The van der Waals surface area contributed by atoms with Gasteiger partial charge < -0.3 is 24.4 Å². The first-order valence-corrected chi connectivity index (χ1v) is 23.4. The topological polar surface area (TPSA) is 264 Å². The number of aryl methyl sites for hydroxylation is 1. The Bertz CT molecular complexity index is 2050. The number of fused-ring (bicyclic) bond motifs is 3. The molecule has 17 nitrogen and oxygen atoms in total. The van der Waals surface area contributed by atoms with Gasteiger partial charge in [0.1, 0.15) is 12.2 Å². The Morgan fingerprint density at radius 1 is 0.947 bits per heavy atom. The van der Waals surface area contributed by atoms with E-state index in [1.807, 2.05) is 6.92 Å². The fraction of sp³-hybridized carbons (Fsp3) is 0.730. The second-order valence-electron chi connectivity index (χ2n) is 17.2. The molecular formula is C37H52O17S3. The van der Waals surface area contributed by atoms with Gasteiger partial charge in [0.05, 0.1) is 28.8 Å². The Morgan fingerprint density at radius 2 is 1.58 bits per heavy atom. The lowest BCUT2D eigenvalue weighted by molar-refractivity contribution is -0.309. The lowest BCUT2D eigenvalue weighted by Crippen LogP contribution is -2.64. The number of benzene rings is 1. The van der Waals surface area contributed by atoms with E-state index in [4.69, 9.17) is 22.6 Å². The van der Waals surface area contributed by atoms with E-state index in [0.717, 1.165) is 12.0 Å². The van der Waals surface area contributed by atoms with Crippen LogP contribution >= 0.6 is 0 Å². The summed E-state index contributed by atoms with van der Waals surface area (Å²) in [5.74, 6) is -4.81. The number of carboxylic acids is 1. The van der Waals surface area contributed by atoms with Crippen LogP contribution in [0.5, 0.6) is 0 Å². The largest absolute Gasteiger partial charge is 0.481 e. The number of esters is 1. The number of carbonyl (C=O) groups is 2. The monoisotopic (exact) mass is 864 g/mol. The molecule has 6 rings (SSSR count). The van der Waals surface area contributed by atoms with E-state index >= 15 is 0 Å². The highest BCUT2D eigenvalue weighted by Crippen LogP contribution is 2.70. The Balaban J connectivity index is 1.42. The summed E-state index contributed by atoms with van der Waals surface area (Å²) in [6.45, 7) is 11.2. The number of sulfone groups is 1. The first-order chi connectivity index (χ1) is 26.3. The summed E-state index contributed by atoms with van der Waals surface area (Å²) in [6.07, 6.45) is -9.55. The Kier molecular flexibility index (Phi) is 12.2. The van der Waals surface area contributed by atoms with E-state index in [1.165, 1.54) is 24.3 Å². The Morgan fingerprint density at radius 3 is 2.18 bits per heavy atom. The molecular weight excluding hydrogens is 813 g/mol. The molecule has 1 spiro atoms. The minimum Gasteiger partial charge on any atom is -0.481 e.